The van der Waals surface area contributed by atoms with Gasteiger partial charge in [0.2, 0.25) is 5.91 Å². The Kier molecular flexibility index (Phi) is 7.62. The fraction of sp³-hybridized carbons (Fsp3) is 0.800. The van der Waals surface area contributed by atoms with Crippen LogP contribution < -0.4 is 11.1 Å². The summed E-state index contributed by atoms with van der Waals surface area (Å²) in [6.07, 6.45) is 2.99. The molecule has 0 spiro atoms. The minimum Gasteiger partial charge on any atom is -0.469 e. The summed E-state index contributed by atoms with van der Waals surface area (Å²) in [6, 6.07) is -0.458. The number of methoxy groups -OCH3 is 1. The summed E-state index contributed by atoms with van der Waals surface area (Å²) < 4.78 is 4.50. The van der Waals surface area contributed by atoms with Crippen LogP contribution in [-0.4, -0.2) is 31.6 Å². The highest BCUT2D eigenvalue weighted by molar-refractivity contribution is 5.80. The molecule has 1 amide bonds. The molecular formula is C10H20N2O3. The van der Waals surface area contributed by atoms with Crippen LogP contribution in [0.4, 0.5) is 0 Å². The van der Waals surface area contributed by atoms with E-state index in [4.69, 9.17) is 5.73 Å². The van der Waals surface area contributed by atoms with E-state index in [-0.39, 0.29) is 11.9 Å². The van der Waals surface area contributed by atoms with Crippen LogP contribution in [0.25, 0.3) is 0 Å². The number of carbonyl (C=O) groups is 2. The van der Waals surface area contributed by atoms with Crippen LogP contribution >= 0.6 is 0 Å². The first-order chi connectivity index (χ1) is 7.07. The number of hydrogen-bond donors (Lipinski definition) is 2. The number of rotatable bonds is 7. The van der Waals surface area contributed by atoms with E-state index >= 15 is 0 Å². The van der Waals surface area contributed by atoms with Crippen molar-refractivity contribution in [3.8, 4) is 0 Å². The Morgan fingerprint density at radius 2 is 2.00 bits per heavy atom. The van der Waals surface area contributed by atoms with E-state index in [1.54, 1.807) is 6.92 Å². The van der Waals surface area contributed by atoms with Gasteiger partial charge in [-0.25, -0.2) is 0 Å². The van der Waals surface area contributed by atoms with Crippen LogP contribution in [0.2, 0.25) is 0 Å². The molecule has 0 aromatic rings. The number of esters is 1. The predicted octanol–water partition coefficient (Wildman–Crippen LogP) is 0.183. The van der Waals surface area contributed by atoms with Crippen molar-refractivity contribution in [2.45, 2.75) is 38.6 Å². The second kappa shape index (κ2) is 8.23. The Labute approximate surface area is 90.4 Å². The van der Waals surface area contributed by atoms with E-state index in [0.29, 0.717) is 13.0 Å². The van der Waals surface area contributed by atoms with Gasteiger partial charge in [-0.3, -0.25) is 9.59 Å². The van der Waals surface area contributed by atoms with Gasteiger partial charge in [-0.15, -0.1) is 0 Å². The first kappa shape index (κ1) is 13.9. The quantitative estimate of drug-likeness (QED) is 0.470. The monoisotopic (exact) mass is 216 g/mol. The zero-order chi connectivity index (χ0) is 11.7. The molecule has 3 N–H and O–H groups in total. The summed E-state index contributed by atoms with van der Waals surface area (Å²) in [5.41, 5.74) is 5.36. The third-order valence-electron chi connectivity index (χ3n) is 2.00. The molecule has 5 nitrogen and oxygen atoms in total. The third kappa shape index (κ3) is 7.93. The fourth-order valence-corrected chi connectivity index (χ4v) is 1.05. The summed E-state index contributed by atoms with van der Waals surface area (Å²) in [5.74, 6) is -0.322. The van der Waals surface area contributed by atoms with Gasteiger partial charge in [-0.1, -0.05) is 6.42 Å². The number of unbranched alkanes of at least 4 members (excludes halogenated alkanes) is 2. The number of hydrogen-bond acceptors (Lipinski definition) is 4. The normalized spacial score (nSPS) is 11.9. The lowest BCUT2D eigenvalue weighted by Crippen LogP contribution is -2.38. The van der Waals surface area contributed by atoms with Crippen molar-refractivity contribution in [1.29, 1.82) is 0 Å². The van der Waals surface area contributed by atoms with E-state index in [1.807, 2.05) is 0 Å². The molecular weight excluding hydrogens is 196 g/mol. The van der Waals surface area contributed by atoms with Gasteiger partial charge < -0.3 is 15.8 Å². The summed E-state index contributed by atoms with van der Waals surface area (Å²) in [4.78, 5) is 21.8. The molecule has 0 aliphatic rings. The zero-order valence-electron chi connectivity index (χ0n) is 9.41. The SMILES string of the molecule is COC(=O)CCCCCNC(=O)C(C)N. The molecule has 0 bridgehead atoms. The minimum absolute atomic E-state index is 0.136. The Balaban J connectivity index is 3.25. The first-order valence-electron chi connectivity index (χ1n) is 5.18. The van der Waals surface area contributed by atoms with Crippen LogP contribution in [0.3, 0.4) is 0 Å². The van der Waals surface area contributed by atoms with E-state index in [2.05, 4.69) is 10.1 Å². The van der Waals surface area contributed by atoms with Gasteiger partial charge in [-0.2, -0.15) is 0 Å². The Hall–Kier alpha value is -1.10. The fourth-order valence-electron chi connectivity index (χ4n) is 1.05. The van der Waals surface area contributed by atoms with Crippen LogP contribution in [0.5, 0.6) is 0 Å². The van der Waals surface area contributed by atoms with E-state index in [1.165, 1.54) is 7.11 Å². The number of nitrogens with two attached hydrogens (primary N) is 1. The maximum absolute atomic E-state index is 11.0. The highest BCUT2D eigenvalue weighted by atomic mass is 16.5. The van der Waals surface area contributed by atoms with Crippen molar-refractivity contribution >= 4 is 11.9 Å². The molecule has 0 rings (SSSR count). The van der Waals surface area contributed by atoms with Crippen molar-refractivity contribution in [3.63, 3.8) is 0 Å². The highest BCUT2D eigenvalue weighted by Crippen LogP contribution is 1.99. The molecule has 88 valence electrons. The van der Waals surface area contributed by atoms with Gasteiger partial charge >= 0.3 is 5.97 Å². The van der Waals surface area contributed by atoms with E-state index < -0.39 is 6.04 Å². The average molecular weight is 216 g/mol. The Morgan fingerprint density at radius 3 is 2.53 bits per heavy atom. The van der Waals surface area contributed by atoms with Gasteiger partial charge in [0.15, 0.2) is 0 Å². The molecule has 0 aromatic carbocycles. The maximum Gasteiger partial charge on any atom is 0.305 e. The lowest BCUT2D eigenvalue weighted by molar-refractivity contribution is -0.140. The molecule has 0 heterocycles. The van der Waals surface area contributed by atoms with Crippen molar-refractivity contribution in [1.82, 2.24) is 5.32 Å². The predicted molar refractivity (Wildman–Crippen MR) is 57.1 cm³/mol. The van der Waals surface area contributed by atoms with Crippen LogP contribution in [-0.2, 0) is 14.3 Å². The van der Waals surface area contributed by atoms with Gasteiger partial charge in [0.1, 0.15) is 0 Å². The second-order valence-electron chi connectivity index (χ2n) is 3.47. The van der Waals surface area contributed by atoms with E-state index in [9.17, 15) is 9.59 Å². The number of ether oxygens (including phenoxy) is 1. The number of nitrogens with one attached hydrogen (secondary N) is 1. The topological polar surface area (TPSA) is 81.4 Å². The molecule has 0 aliphatic heterocycles. The minimum atomic E-state index is -0.458. The molecule has 0 radical (unpaired) electrons. The highest BCUT2D eigenvalue weighted by Gasteiger charge is 2.05. The molecule has 0 saturated heterocycles. The standard InChI is InChI=1S/C10H20N2O3/c1-8(11)10(14)12-7-5-3-4-6-9(13)15-2/h8H,3-7,11H2,1-2H3,(H,12,14). The van der Waals surface area contributed by atoms with E-state index in [0.717, 1.165) is 19.3 Å². The second-order valence-corrected chi connectivity index (χ2v) is 3.47. The molecule has 0 saturated carbocycles. The smallest absolute Gasteiger partial charge is 0.305 e. The van der Waals surface area contributed by atoms with Crippen molar-refractivity contribution in [2.24, 2.45) is 5.73 Å². The summed E-state index contributed by atoms with van der Waals surface area (Å²) in [6.45, 7) is 2.26. The number of carbonyl (C=O) groups excluding carboxylic acids is 2. The van der Waals surface area contributed by atoms with Crippen LogP contribution in [0, 0.1) is 0 Å². The number of amides is 1. The summed E-state index contributed by atoms with van der Waals surface area (Å²) in [5, 5.41) is 2.70. The zero-order valence-corrected chi connectivity index (χ0v) is 9.41. The van der Waals surface area contributed by atoms with Crippen molar-refractivity contribution in [3.05, 3.63) is 0 Å². The van der Waals surface area contributed by atoms with Crippen molar-refractivity contribution < 1.29 is 14.3 Å². The Bertz CT molecular complexity index is 205. The molecule has 0 fully saturated rings. The largest absolute Gasteiger partial charge is 0.469 e. The average Bonchev–Trinajstić information content (AvgIpc) is 2.22. The van der Waals surface area contributed by atoms with Crippen LogP contribution in [0.15, 0.2) is 0 Å². The molecule has 1 atom stereocenters. The van der Waals surface area contributed by atoms with Gasteiger partial charge in [0.05, 0.1) is 13.2 Å². The molecule has 0 aromatic heterocycles. The van der Waals surface area contributed by atoms with Gasteiger partial charge in [-0.05, 0) is 19.8 Å². The Morgan fingerprint density at radius 1 is 1.33 bits per heavy atom. The third-order valence-corrected chi connectivity index (χ3v) is 2.00. The lowest BCUT2D eigenvalue weighted by atomic mass is 10.2. The molecule has 5 heteroatoms. The first-order valence-corrected chi connectivity index (χ1v) is 5.18. The van der Waals surface area contributed by atoms with Crippen LogP contribution in [0.1, 0.15) is 32.6 Å². The summed E-state index contributed by atoms with van der Waals surface area (Å²) in [7, 11) is 1.38. The maximum atomic E-state index is 11.0. The van der Waals surface area contributed by atoms with Crippen molar-refractivity contribution in [2.75, 3.05) is 13.7 Å². The van der Waals surface area contributed by atoms with Gasteiger partial charge in [0.25, 0.3) is 0 Å². The van der Waals surface area contributed by atoms with Gasteiger partial charge in [0, 0.05) is 13.0 Å². The summed E-state index contributed by atoms with van der Waals surface area (Å²) >= 11 is 0. The lowest BCUT2D eigenvalue weighted by Gasteiger charge is -2.06. The molecule has 0 aliphatic carbocycles. The molecule has 15 heavy (non-hydrogen) atoms. The molecule has 1 unspecified atom stereocenters.